The maximum Gasteiger partial charge on any atom is 0.251 e. The summed E-state index contributed by atoms with van der Waals surface area (Å²) >= 11 is 6.13. The Morgan fingerprint density at radius 1 is 1.00 bits per heavy atom. The van der Waals surface area contributed by atoms with Crippen molar-refractivity contribution in [3.63, 3.8) is 0 Å². The molecule has 2 aromatic heterocycles. The highest BCUT2D eigenvalue weighted by atomic mass is 35.5. The van der Waals surface area contributed by atoms with Gasteiger partial charge in [0.05, 0.1) is 29.9 Å². The summed E-state index contributed by atoms with van der Waals surface area (Å²) in [5.41, 5.74) is 6.89. The average Bonchev–Trinajstić information content (AvgIpc) is 3.58. The third-order valence-electron chi connectivity index (χ3n) is 6.49. The summed E-state index contributed by atoms with van der Waals surface area (Å²) in [6.45, 7) is 4.93. The average molecular weight is 501 g/mol. The number of nitrogens with one attached hydrogen (secondary N) is 2. The van der Waals surface area contributed by atoms with E-state index < -0.39 is 0 Å². The van der Waals surface area contributed by atoms with Crippen LogP contribution in [0.15, 0.2) is 79.1 Å². The van der Waals surface area contributed by atoms with E-state index in [0.29, 0.717) is 23.2 Å². The zero-order chi connectivity index (χ0) is 24.9. The number of nitrogens with zero attached hydrogens (tertiary/aromatic N) is 2. The minimum Gasteiger partial charge on any atom is -0.380 e. The van der Waals surface area contributed by atoms with Crippen molar-refractivity contribution in [3.8, 4) is 28.2 Å². The smallest absolute Gasteiger partial charge is 0.251 e. The Bertz CT molecular complexity index is 1330. The molecular formula is C29H29ClN4O2. The second kappa shape index (κ2) is 11.1. The fourth-order valence-corrected chi connectivity index (χ4v) is 4.63. The highest BCUT2D eigenvalue weighted by Gasteiger charge is 2.17. The molecule has 0 radical (unpaired) electrons. The quantitative estimate of drug-likeness (QED) is 0.323. The Hall–Kier alpha value is -3.45. The number of aryl methyl sites for hydroxylation is 1. The molecule has 1 aliphatic rings. The van der Waals surface area contributed by atoms with E-state index in [1.165, 1.54) is 0 Å². The number of pyridine rings is 1. The Kier molecular flexibility index (Phi) is 7.47. The molecule has 0 aliphatic carbocycles. The summed E-state index contributed by atoms with van der Waals surface area (Å²) in [4.78, 5) is 17.0. The molecule has 5 rings (SSSR count). The zero-order valence-electron chi connectivity index (χ0n) is 20.2. The van der Waals surface area contributed by atoms with Gasteiger partial charge in [0.15, 0.2) is 0 Å². The first kappa shape index (κ1) is 24.3. The van der Waals surface area contributed by atoms with Crippen molar-refractivity contribution in [1.29, 1.82) is 0 Å². The monoisotopic (exact) mass is 500 g/mol. The predicted octanol–water partition coefficient (Wildman–Crippen LogP) is 5.28. The normalized spacial score (nSPS) is 15.2. The van der Waals surface area contributed by atoms with Gasteiger partial charge in [0.2, 0.25) is 0 Å². The van der Waals surface area contributed by atoms with Crippen LogP contribution in [0.4, 0.5) is 0 Å². The molecule has 0 unspecified atom stereocenters. The van der Waals surface area contributed by atoms with Gasteiger partial charge in [-0.25, -0.2) is 0 Å². The lowest BCUT2D eigenvalue weighted by Gasteiger charge is -2.16. The molecule has 6 nitrogen and oxygen atoms in total. The van der Waals surface area contributed by atoms with Gasteiger partial charge in [-0.3, -0.25) is 9.78 Å². The molecule has 4 aromatic rings. The molecule has 2 aromatic carbocycles. The summed E-state index contributed by atoms with van der Waals surface area (Å²) in [6.07, 6.45) is 4.70. The minimum absolute atomic E-state index is 0.0774. The predicted molar refractivity (Wildman–Crippen MR) is 144 cm³/mol. The molecule has 0 bridgehead atoms. The van der Waals surface area contributed by atoms with Crippen LogP contribution in [0.1, 0.15) is 22.3 Å². The maximum absolute atomic E-state index is 12.7. The molecule has 1 saturated heterocycles. The summed E-state index contributed by atoms with van der Waals surface area (Å²) < 4.78 is 7.57. The van der Waals surface area contributed by atoms with Gasteiger partial charge >= 0.3 is 0 Å². The fourth-order valence-electron chi connectivity index (χ4n) is 4.50. The molecule has 1 aliphatic heterocycles. The van der Waals surface area contributed by atoms with E-state index >= 15 is 0 Å². The molecule has 1 atom stereocenters. The minimum atomic E-state index is -0.0774. The van der Waals surface area contributed by atoms with Gasteiger partial charge in [-0.1, -0.05) is 35.9 Å². The van der Waals surface area contributed by atoms with Gasteiger partial charge in [-0.2, -0.15) is 0 Å². The lowest BCUT2D eigenvalue weighted by atomic mass is 10.1. The van der Waals surface area contributed by atoms with Crippen LogP contribution in [-0.2, 0) is 4.74 Å². The molecular weight excluding hydrogens is 472 g/mol. The van der Waals surface area contributed by atoms with E-state index in [1.807, 2.05) is 60.8 Å². The first-order valence-corrected chi connectivity index (χ1v) is 12.6. The van der Waals surface area contributed by atoms with E-state index in [4.69, 9.17) is 16.3 Å². The number of hydrogen-bond acceptors (Lipinski definition) is 4. The van der Waals surface area contributed by atoms with Crippen molar-refractivity contribution in [2.24, 2.45) is 0 Å². The van der Waals surface area contributed by atoms with Gasteiger partial charge in [0.25, 0.3) is 5.91 Å². The van der Waals surface area contributed by atoms with E-state index in [2.05, 4.69) is 39.2 Å². The zero-order valence-corrected chi connectivity index (χ0v) is 21.0. The second-order valence-corrected chi connectivity index (χ2v) is 9.39. The molecule has 2 N–H and O–H groups in total. The summed E-state index contributed by atoms with van der Waals surface area (Å²) in [5, 5.41) is 7.10. The second-order valence-electron chi connectivity index (χ2n) is 8.96. The van der Waals surface area contributed by atoms with Crippen LogP contribution in [0.25, 0.3) is 28.2 Å². The van der Waals surface area contributed by atoms with Crippen LogP contribution in [0.2, 0.25) is 5.02 Å². The molecule has 36 heavy (non-hydrogen) atoms. The number of halogens is 1. The number of carbonyl (C=O) groups excluding carboxylic acids is 1. The van der Waals surface area contributed by atoms with E-state index in [0.717, 1.165) is 59.9 Å². The summed E-state index contributed by atoms with van der Waals surface area (Å²) in [5.74, 6) is -0.0774. The topological polar surface area (TPSA) is 68.2 Å². The first-order chi connectivity index (χ1) is 17.6. The Morgan fingerprint density at radius 3 is 2.33 bits per heavy atom. The van der Waals surface area contributed by atoms with Gasteiger partial charge in [0.1, 0.15) is 0 Å². The molecule has 3 heterocycles. The third kappa shape index (κ3) is 5.36. The number of ether oxygens (including phenoxy) is 1. The van der Waals surface area contributed by atoms with Gasteiger partial charge in [-0.05, 0) is 72.5 Å². The summed E-state index contributed by atoms with van der Waals surface area (Å²) in [6, 6.07) is 22.2. The number of aromatic nitrogens is 2. The molecule has 0 spiro atoms. The van der Waals surface area contributed by atoms with Gasteiger partial charge in [-0.15, -0.1) is 0 Å². The van der Waals surface area contributed by atoms with Crippen molar-refractivity contribution in [1.82, 2.24) is 20.2 Å². The SMILES string of the molecule is Cc1ccncc1-n1c(-c2ccc(Cl)cc2)ccc1-c1ccc(C(=O)NCCN[C@H]2CCOC2)cc1. The lowest BCUT2D eigenvalue weighted by molar-refractivity contribution is 0.0953. The van der Waals surface area contributed by atoms with Crippen LogP contribution in [0.5, 0.6) is 0 Å². The van der Waals surface area contributed by atoms with E-state index in [1.54, 1.807) is 6.20 Å². The largest absolute Gasteiger partial charge is 0.380 e. The first-order valence-electron chi connectivity index (χ1n) is 12.2. The lowest BCUT2D eigenvalue weighted by Crippen LogP contribution is -2.37. The highest BCUT2D eigenvalue weighted by molar-refractivity contribution is 6.30. The van der Waals surface area contributed by atoms with Crippen molar-refractivity contribution in [2.45, 2.75) is 19.4 Å². The molecule has 7 heteroatoms. The van der Waals surface area contributed by atoms with E-state index in [9.17, 15) is 4.79 Å². The number of benzene rings is 2. The van der Waals surface area contributed by atoms with Crippen molar-refractivity contribution >= 4 is 17.5 Å². The number of amides is 1. The van der Waals surface area contributed by atoms with Crippen molar-refractivity contribution in [2.75, 3.05) is 26.3 Å². The molecule has 0 saturated carbocycles. The standard InChI is InChI=1S/C29H29ClN4O2/c1-20-12-14-31-18-28(20)34-26(10-11-27(34)22-6-8-24(30)9-7-22)21-2-4-23(5-3-21)29(35)33-16-15-32-25-13-17-36-19-25/h2-12,14,18,25,32H,13,15-17,19H2,1H3,(H,33,35)/t25-/m0/s1. The van der Waals surface area contributed by atoms with Gasteiger partial charge < -0.3 is 19.9 Å². The molecule has 184 valence electrons. The number of hydrogen-bond donors (Lipinski definition) is 2. The Morgan fingerprint density at radius 2 is 1.69 bits per heavy atom. The number of rotatable bonds is 8. The van der Waals surface area contributed by atoms with Crippen molar-refractivity contribution < 1.29 is 9.53 Å². The van der Waals surface area contributed by atoms with Crippen LogP contribution in [0.3, 0.4) is 0 Å². The van der Waals surface area contributed by atoms with Crippen LogP contribution < -0.4 is 10.6 Å². The van der Waals surface area contributed by atoms with Crippen LogP contribution >= 0.6 is 11.6 Å². The van der Waals surface area contributed by atoms with Crippen molar-refractivity contribution in [3.05, 3.63) is 95.3 Å². The van der Waals surface area contributed by atoms with Gasteiger partial charge in [0, 0.05) is 42.5 Å². The number of carbonyl (C=O) groups is 1. The Balaban J connectivity index is 1.37. The highest BCUT2D eigenvalue weighted by Crippen LogP contribution is 2.34. The van der Waals surface area contributed by atoms with Crippen LogP contribution in [0, 0.1) is 6.92 Å². The third-order valence-corrected chi connectivity index (χ3v) is 6.74. The maximum atomic E-state index is 12.7. The van der Waals surface area contributed by atoms with Crippen LogP contribution in [-0.4, -0.2) is 47.8 Å². The summed E-state index contributed by atoms with van der Waals surface area (Å²) in [7, 11) is 0. The fraction of sp³-hybridized carbons (Fsp3) is 0.241. The Labute approximate surface area is 216 Å². The molecule has 1 fully saturated rings. The molecule has 1 amide bonds. The van der Waals surface area contributed by atoms with E-state index in [-0.39, 0.29) is 5.91 Å².